The van der Waals surface area contributed by atoms with Crippen LogP contribution in [0, 0.1) is 12.8 Å². The van der Waals surface area contributed by atoms with Gasteiger partial charge in [0.25, 0.3) is 0 Å². The fourth-order valence-electron chi connectivity index (χ4n) is 5.11. The average molecular weight is 557 g/mol. The minimum absolute atomic E-state index is 0.0170. The van der Waals surface area contributed by atoms with Crippen molar-refractivity contribution in [2.45, 2.75) is 52.8 Å². The lowest BCUT2D eigenvalue weighted by molar-refractivity contribution is -0.170. The van der Waals surface area contributed by atoms with Crippen LogP contribution in [0.4, 0.5) is 18.9 Å². The molecule has 216 valence electrons. The molecule has 1 aromatic rings. The minimum Gasteiger partial charge on any atom is -0.496 e. The molecule has 0 spiro atoms. The highest BCUT2D eigenvalue weighted by molar-refractivity contribution is 6.08. The first-order valence-electron chi connectivity index (χ1n) is 12.9. The van der Waals surface area contributed by atoms with E-state index in [0.29, 0.717) is 47.8 Å². The number of anilines is 1. The third-order valence-electron chi connectivity index (χ3n) is 7.19. The Labute approximate surface area is 225 Å². The van der Waals surface area contributed by atoms with Gasteiger partial charge in [0.05, 0.1) is 37.5 Å². The summed E-state index contributed by atoms with van der Waals surface area (Å²) in [6.07, 6.45) is -2.76. The number of benzene rings is 1. The molecule has 0 bridgehead atoms. The predicted molar refractivity (Wildman–Crippen MR) is 136 cm³/mol. The summed E-state index contributed by atoms with van der Waals surface area (Å²) < 4.78 is 56.6. The van der Waals surface area contributed by atoms with Crippen LogP contribution in [0.2, 0.25) is 0 Å². The van der Waals surface area contributed by atoms with Gasteiger partial charge < -0.3 is 24.2 Å². The molecule has 3 rings (SSSR count). The Morgan fingerprint density at radius 2 is 1.92 bits per heavy atom. The molecule has 9 nitrogen and oxygen atoms in total. The summed E-state index contributed by atoms with van der Waals surface area (Å²) in [4.78, 5) is 39.7. The molecule has 0 saturated carbocycles. The third-order valence-corrected chi connectivity index (χ3v) is 7.19. The number of carbonyl (C=O) groups is 3. The second kappa shape index (κ2) is 12.8. The molecule has 1 N–H and O–H groups in total. The van der Waals surface area contributed by atoms with E-state index in [0.717, 1.165) is 13.1 Å². The van der Waals surface area contributed by atoms with E-state index >= 15 is 0 Å². The third kappa shape index (κ3) is 6.91. The Balaban J connectivity index is 1.96. The molecule has 0 aromatic heterocycles. The van der Waals surface area contributed by atoms with E-state index in [2.05, 4.69) is 4.90 Å². The Kier molecular flexibility index (Phi) is 10.0. The quantitative estimate of drug-likeness (QED) is 0.323. The number of nitrogens with zero attached hydrogens (tertiary/aromatic N) is 2. The first-order valence-corrected chi connectivity index (χ1v) is 12.9. The number of aliphatic carboxylic acids is 1. The molecule has 1 amide bonds. The molecule has 2 heterocycles. The summed E-state index contributed by atoms with van der Waals surface area (Å²) in [5.41, 5.74) is 1.58. The van der Waals surface area contributed by atoms with E-state index < -0.39 is 29.9 Å². The zero-order chi connectivity index (χ0) is 28.9. The Morgan fingerprint density at radius 1 is 1.26 bits per heavy atom. The van der Waals surface area contributed by atoms with Crippen LogP contribution in [-0.2, 0) is 32.1 Å². The van der Waals surface area contributed by atoms with Crippen LogP contribution in [0.5, 0.6) is 5.75 Å². The van der Waals surface area contributed by atoms with Crippen LogP contribution in [-0.4, -0.2) is 80.5 Å². The maximum atomic E-state index is 13.5. The lowest BCUT2D eigenvalue weighted by atomic mass is 9.91. The van der Waals surface area contributed by atoms with Crippen molar-refractivity contribution in [3.8, 4) is 5.75 Å². The Morgan fingerprint density at radius 3 is 2.49 bits per heavy atom. The number of morpholine rings is 1. The fraction of sp³-hybridized carbons (Fsp3) is 0.593. The summed E-state index contributed by atoms with van der Waals surface area (Å²) in [6, 6.07) is 0. The number of rotatable bonds is 11. The Bertz CT molecular complexity index is 1130. The van der Waals surface area contributed by atoms with Crippen LogP contribution in [0.3, 0.4) is 0 Å². The van der Waals surface area contributed by atoms with Crippen molar-refractivity contribution in [3.63, 3.8) is 0 Å². The number of fused-ring (bicyclic) bond motifs is 1. The van der Waals surface area contributed by atoms with E-state index in [9.17, 15) is 32.7 Å². The van der Waals surface area contributed by atoms with E-state index in [4.69, 9.17) is 14.2 Å². The maximum absolute atomic E-state index is 13.5. The number of methoxy groups -OCH3 is 1. The SMILES string of the molecule is CCN(C(=O)C(F)(F)F)c1c(C/C=C(\C)CC(CCN2CCOCC2)C(=O)O)c(OC)c(C)c2c1C(=O)OC2. The molecule has 0 aliphatic carbocycles. The van der Waals surface area contributed by atoms with Gasteiger partial charge in [0.1, 0.15) is 12.4 Å². The minimum atomic E-state index is -5.16. The molecule has 0 radical (unpaired) electrons. The van der Waals surface area contributed by atoms with Crippen molar-refractivity contribution >= 4 is 23.5 Å². The van der Waals surface area contributed by atoms with E-state index in [1.165, 1.54) is 14.0 Å². The van der Waals surface area contributed by atoms with Gasteiger partial charge >= 0.3 is 24.0 Å². The van der Waals surface area contributed by atoms with Gasteiger partial charge in [-0.25, -0.2) is 4.79 Å². The van der Waals surface area contributed by atoms with Crippen molar-refractivity contribution in [1.82, 2.24) is 4.90 Å². The molecule has 2 aliphatic heterocycles. The van der Waals surface area contributed by atoms with Gasteiger partial charge in [0, 0.05) is 30.8 Å². The van der Waals surface area contributed by atoms with Crippen molar-refractivity contribution in [2.24, 2.45) is 5.92 Å². The first kappa shape index (κ1) is 30.4. The molecule has 2 aliphatic rings. The number of alkyl halides is 3. The number of hydrogen-bond donors (Lipinski definition) is 1. The van der Waals surface area contributed by atoms with Gasteiger partial charge in [0.2, 0.25) is 0 Å². The number of halogens is 3. The smallest absolute Gasteiger partial charge is 0.471 e. The second-order valence-corrected chi connectivity index (χ2v) is 9.70. The van der Waals surface area contributed by atoms with Gasteiger partial charge in [-0.3, -0.25) is 14.5 Å². The molecule has 1 unspecified atom stereocenters. The van der Waals surface area contributed by atoms with E-state index in [-0.39, 0.29) is 48.6 Å². The highest BCUT2D eigenvalue weighted by Gasteiger charge is 2.45. The van der Waals surface area contributed by atoms with Crippen molar-refractivity contribution in [3.05, 3.63) is 33.9 Å². The highest BCUT2D eigenvalue weighted by Crippen LogP contribution is 2.44. The number of esters is 1. The fourth-order valence-corrected chi connectivity index (χ4v) is 5.11. The lowest BCUT2D eigenvalue weighted by Crippen LogP contribution is -2.42. The number of cyclic esters (lactones) is 1. The highest BCUT2D eigenvalue weighted by atomic mass is 19.4. The van der Waals surface area contributed by atoms with Crippen molar-refractivity contribution < 1.29 is 46.9 Å². The van der Waals surface area contributed by atoms with Gasteiger partial charge in [-0.15, -0.1) is 0 Å². The molecule has 1 aromatic carbocycles. The van der Waals surface area contributed by atoms with Crippen LogP contribution in [0.1, 0.15) is 53.7 Å². The molecule has 39 heavy (non-hydrogen) atoms. The van der Waals surface area contributed by atoms with Crippen LogP contribution >= 0.6 is 0 Å². The zero-order valence-corrected chi connectivity index (χ0v) is 22.7. The van der Waals surface area contributed by atoms with Crippen LogP contribution in [0.15, 0.2) is 11.6 Å². The summed E-state index contributed by atoms with van der Waals surface area (Å²) in [5, 5.41) is 9.78. The van der Waals surface area contributed by atoms with Gasteiger partial charge in [-0.1, -0.05) is 11.6 Å². The standard InChI is InChI=1S/C27H35F3N2O7/c1-5-32(26(36)27(28,29)30)22-19(23(37-4)17(3)20-15-39-25(35)21(20)22)7-6-16(2)14-18(24(33)34)8-9-31-10-12-38-13-11-31/h6,18H,5,7-15H2,1-4H3,(H,33,34)/b16-6+. The largest absolute Gasteiger partial charge is 0.496 e. The zero-order valence-electron chi connectivity index (χ0n) is 22.7. The number of carboxylic acids is 1. The summed E-state index contributed by atoms with van der Waals surface area (Å²) in [7, 11) is 1.37. The van der Waals surface area contributed by atoms with E-state index in [1.807, 2.05) is 0 Å². The van der Waals surface area contributed by atoms with Crippen LogP contribution < -0.4 is 9.64 Å². The van der Waals surface area contributed by atoms with Crippen molar-refractivity contribution in [1.29, 1.82) is 0 Å². The lowest BCUT2D eigenvalue weighted by Gasteiger charge is -2.28. The molecule has 1 saturated heterocycles. The van der Waals surface area contributed by atoms with E-state index in [1.54, 1.807) is 19.9 Å². The van der Waals surface area contributed by atoms with Gasteiger partial charge in [0.15, 0.2) is 0 Å². The van der Waals surface area contributed by atoms with Gasteiger partial charge in [-0.05, 0) is 52.1 Å². The van der Waals surface area contributed by atoms with Gasteiger partial charge in [-0.2, -0.15) is 13.2 Å². The predicted octanol–water partition coefficient (Wildman–Crippen LogP) is 3.89. The molecule has 1 fully saturated rings. The normalized spacial score (nSPS) is 17.0. The number of carbonyl (C=O) groups excluding carboxylic acids is 2. The number of carboxylic acid groups (broad SMARTS) is 1. The number of ether oxygens (including phenoxy) is 3. The van der Waals surface area contributed by atoms with Crippen molar-refractivity contribution in [2.75, 3.05) is 51.4 Å². The Hall–Kier alpha value is -3.12. The summed E-state index contributed by atoms with van der Waals surface area (Å²) in [5.74, 6) is -4.25. The topological polar surface area (TPSA) is 106 Å². The number of allylic oxidation sites excluding steroid dienone is 2. The van der Waals surface area contributed by atoms with Crippen LogP contribution in [0.25, 0.3) is 0 Å². The summed E-state index contributed by atoms with van der Waals surface area (Å²) >= 11 is 0. The number of amides is 1. The second-order valence-electron chi connectivity index (χ2n) is 9.70. The molecule has 1 atom stereocenters. The number of hydrogen-bond acceptors (Lipinski definition) is 7. The average Bonchev–Trinajstić information content (AvgIpc) is 3.28. The molecular weight excluding hydrogens is 521 g/mol. The molecule has 12 heteroatoms. The first-order chi connectivity index (χ1) is 18.4. The molecular formula is C27H35F3N2O7. The monoisotopic (exact) mass is 556 g/mol. The maximum Gasteiger partial charge on any atom is 0.471 e. The summed E-state index contributed by atoms with van der Waals surface area (Å²) in [6.45, 7) is 7.66.